The Balaban J connectivity index is 2.15. The molecule has 0 aliphatic carbocycles. The molecule has 1 aromatic rings. The highest BCUT2D eigenvalue weighted by Crippen LogP contribution is 2.23. The van der Waals surface area contributed by atoms with Gasteiger partial charge < -0.3 is 4.74 Å². The summed E-state index contributed by atoms with van der Waals surface area (Å²) in [6.45, 7) is 4.25. The molecule has 0 aliphatic heterocycles. The molecule has 90 valence electrons. The molecule has 1 unspecified atom stereocenters. The number of hydrogen-bond donors (Lipinski definition) is 1. The predicted molar refractivity (Wildman–Crippen MR) is 68.3 cm³/mol. The molecular weight excluding hydrogens is 264 g/mol. The standard InChI is InChI=1S/C9H14N2O2S3/c1-3-6(2)7(12)13-4-5-15-9-11-10-8(14)16-9/h6H,3-5H2,1-2H3,(H,10,14). The Morgan fingerprint density at radius 3 is 2.94 bits per heavy atom. The van der Waals surface area contributed by atoms with Gasteiger partial charge >= 0.3 is 5.97 Å². The summed E-state index contributed by atoms with van der Waals surface area (Å²) in [4.78, 5) is 11.3. The first-order valence-corrected chi connectivity index (χ1v) is 7.20. The van der Waals surface area contributed by atoms with Crippen molar-refractivity contribution in [3.05, 3.63) is 0 Å². The van der Waals surface area contributed by atoms with Crippen molar-refractivity contribution in [1.82, 2.24) is 10.2 Å². The molecule has 1 rings (SSSR count). The molecule has 1 heterocycles. The molecule has 0 N–H and O–H groups in total. The Labute approximate surface area is 109 Å². The maximum absolute atomic E-state index is 11.3. The third-order valence-electron chi connectivity index (χ3n) is 1.96. The fourth-order valence-corrected chi connectivity index (χ4v) is 2.81. The van der Waals surface area contributed by atoms with Gasteiger partial charge in [-0.05, 0) is 6.42 Å². The van der Waals surface area contributed by atoms with Crippen LogP contribution in [0.4, 0.5) is 0 Å². The van der Waals surface area contributed by atoms with Gasteiger partial charge in [0.15, 0.2) is 8.68 Å². The molecule has 0 fully saturated rings. The summed E-state index contributed by atoms with van der Waals surface area (Å²) in [6.07, 6.45) is 0.811. The lowest BCUT2D eigenvalue weighted by Gasteiger charge is -2.07. The molecule has 0 spiro atoms. The zero-order valence-electron chi connectivity index (χ0n) is 9.17. The lowest BCUT2D eigenvalue weighted by molar-refractivity contribution is -0.147. The highest BCUT2D eigenvalue weighted by molar-refractivity contribution is 8.01. The molecule has 1 aromatic heterocycles. The fraction of sp³-hybridized carbons (Fsp3) is 0.667. The number of rotatable bonds is 6. The zero-order chi connectivity index (χ0) is 12.0. The molecule has 16 heavy (non-hydrogen) atoms. The van der Waals surface area contributed by atoms with E-state index in [0.29, 0.717) is 16.7 Å². The van der Waals surface area contributed by atoms with Crippen molar-refractivity contribution in [3.63, 3.8) is 0 Å². The van der Waals surface area contributed by atoms with Crippen LogP contribution in [0.5, 0.6) is 0 Å². The highest BCUT2D eigenvalue weighted by Gasteiger charge is 2.11. The monoisotopic (exact) mass is 278 g/mol. The summed E-state index contributed by atoms with van der Waals surface area (Å²) in [6, 6.07) is 0. The fourth-order valence-electron chi connectivity index (χ4n) is 0.841. The van der Waals surface area contributed by atoms with E-state index in [4.69, 9.17) is 4.74 Å². The van der Waals surface area contributed by atoms with Gasteiger partial charge in [-0.2, -0.15) is 0 Å². The minimum absolute atomic E-state index is 0.0180. The van der Waals surface area contributed by atoms with Gasteiger partial charge in [0.05, 0.1) is 5.92 Å². The van der Waals surface area contributed by atoms with Crippen LogP contribution >= 0.6 is 35.7 Å². The van der Waals surface area contributed by atoms with E-state index in [0.717, 1.165) is 10.8 Å². The van der Waals surface area contributed by atoms with E-state index >= 15 is 0 Å². The van der Waals surface area contributed by atoms with Crippen molar-refractivity contribution in [3.8, 4) is 0 Å². The second-order valence-corrected chi connectivity index (χ2v) is 6.22. The Kier molecular flexibility index (Phi) is 6.15. The lowest BCUT2D eigenvalue weighted by Crippen LogP contribution is -2.15. The van der Waals surface area contributed by atoms with Crippen molar-refractivity contribution in [2.75, 3.05) is 12.4 Å². The molecule has 0 saturated carbocycles. The molecule has 0 bridgehead atoms. The van der Waals surface area contributed by atoms with Gasteiger partial charge in [-0.3, -0.25) is 4.79 Å². The van der Waals surface area contributed by atoms with Crippen LogP contribution in [0.15, 0.2) is 8.68 Å². The number of carbonyl (C=O) groups excluding carboxylic acids is 1. The number of carbonyl (C=O) groups is 1. The van der Waals surface area contributed by atoms with Gasteiger partial charge in [0, 0.05) is 5.75 Å². The summed E-state index contributed by atoms with van der Waals surface area (Å²) >= 11 is 7.01. The van der Waals surface area contributed by atoms with Crippen LogP contribution in [-0.4, -0.2) is 28.5 Å². The normalized spacial score (nSPS) is 12.4. The number of thioether (sulfide) groups is 1. The number of hydrogen-bond acceptors (Lipinski definition) is 7. The van der Waals surface area contributed by atoms with E-state index in [1.54, 1.807) is 0 Å². The van der Waals surface area contributed by atoms with Crippen molar-refractivity contribution in [2.24, 2.45) is 5.92 Å². The average molecular weight is 278 g/mol. The van der Waals surface area contributed by atoms with Crippen molar-refractivity contribution in [1.29, 1.82) is 0 Å². The average Bonchev–Trinajstić information content (AvgIpc) is 2.69. The minimum Gasteiger partial charge on any atom is -0.465 e. The van der Waals surface area contributed by atoms with Crippen LogP contribution in [-0.2, 0) is 9.53 Å². The van der Waals surface area contributed by atoms with Gasteiger partial charge in [-0.15, -0.1) is 22.8 Å². The number of ether oxygens (including phenoxy) is 1. The van der Waals surface area contributed by atoms with Crippen LogP contribution in [0, 0.1) is 5.92 Å². The van der Waals surface area contributed by atoms with Gasteiger partial charge in [0.25, 0.3) is 0 Å². The number of aromatic nitrogens is 2. The van der Waals surface area contributed by atoms with E-state index < -0.39 is 0 Å². The first-order chi connectivity index (χ1) is 7.63. The summed E-state index contributed by atoms with van der Waals surface area (Å²) in [5.41, 5.74) is 0. The van der Waals surface area contributed by atoms with E-state index in [2.05, 4.69) is 22.8 Å². The van der Waals surface area contributed by atoms with E-state index in [9.17, 15) is 4.79 Å². The molecule has 4 nitrogen and oxygen atoms in total. The molecule has 7 heteroatoms. The maximum atomic E-state index is 11.3. The summed E-state index contributed by atoms with van der Waals surface area (Å²) in [5.74, 6) is 0.552. The van der Waals surface area contributed by atoms with Crippen LogP contribution in [0.25, 0.3) is 0 Å². The second-order valence-electron chi connectivity index (χ2n) is 3.18. The second kappa shape index (κ2) is 7.13. The third-order valence-corrected chi connectivity index (χ3v) is 4.15. The predicted octanol–water partition coefficient (Wildman–Crippen LogP) is 2.51. The third kappa shape index (κ3) is 4.71. The number of thiol groups is 1. The summed E-state index contributed by atoms with van der Waals surface area (Å²) in [5, 5.41) is 7.67. The van der Waals surface area contributed by atoms with Crippen LogP contribution < -0.4 is 0 Å². The topological polar surface area (TPSA) is 52.1 Å². The molecular formula is C9H14N2O2S3. The maximum Gasteiger partial charge on any atom is 0.308 e. The highest BCUT2D eigenvalue weighted by atomic mass is 32.2. The molecule has 1 atom stereocenters. The number of esters is 1. The Bertz CT molecular complexity index is 343. The van der Waals surface area contributed by atoms with Gasteiger partial charge in [-0.1, -0.05) is 36.9 Å². The summed E-state index contributed by atoms with van der Waals surface area (Å²) in [7, 11) is 0. The van der Waals surface area contributed by atoms with E-state index in [1.807, 2.05) is 13.8 Å². The first-order valence-electron chi connectivity index (χ1n) is 4.95. The van der Waals surface area contributed by atoms with Crippen molar-refractivity contribution >= 4 is 41.7 Å². The van der Waals surface area contributed by atoms with E-state index in [1.165, 1.54) is 23.1 Å². The van der Waals surface area contributed by atoms with Gasteiger partial charge in [-0.25, -0.2) is 0 Å². The van der Waals surface area contributed by atoms with E-state index in [-0.39, 0.29) is 11.9 Å². The van der Waals surface area contributed by atoms with Gasteiger partial charge in [0.2, 0.25) is 0 Å². The van der Waals surface area contributed by atoms with Crippen LogP contribution in [0.2, 0.25) is 0 Å². The Morgan fingerprint density at radius 1 is 1.62 bits per heavy atom. The summed E-state index contributed by atoms with van der Waals surface area (Å²) < 4.78 is 6.60. The number of nitrogens with zero attached hydrogens (tertiary/aromatic N) is 2. The zero-order valence-corrected chi connectivity index (χ0v) is 11.7. The molecule has 0 saturated heterocycles. The Morgan fingerprint density at radius 2 is 2.38 bits per heavy atom. The van der Waals surface area contributed by atoms with Gasteiger partial charge in [0.1, 0.15) is 6.61 Å². The lowest BCUT2D eigenvalue weighted by atomic mass is 10.1. The molecule has 0 aliphatic rings. The molecule has 0 aromatic carbocycles. The van der Waals surface area contributed by atoms with Crippen molar-refractivity contribution < 1.29 is 9.53 Å². The minimum atomic E-state index is -0.129. The van der Waals surface area contributed by atoms with Crippen molar-refractivity contribution in [2.45, 2.75) is 28.9 Å². The van der Waals surface area contributed by atoms with Crippen LogP contribution in [0.1, 0.15) is 20.3 Å². The molecule has 0 radical (unpaired) electrons. The smallest absolute Gasteiger partial charge is 0.308 e. The quantitative estimate of drug-likeness (QED) is 0.375. The SMILES string of the molecule is CCC(C)C(=O)OCCSc1nnc(S)s1. The Hall–Kier alpha value is -0.270. The first kappa shape index (κ1) is 13.8. The van der Waals surface area contributed by atoms with Crippen LogP contribution in [0.3, 0.4) is 0 Å². The molecule has 0 amide bonds. The largest absolute Gasteiger partial charge is 0.465 e.